The second-order valence-corrected chi connectivity index (χ2v) is 5.27. The molecule has 0 spiro atoms. The smallest absolute Gasteiger partial charge is 0.121 e. The third-order valence-electron chi connectivity index (χ3n) is 2.91. The SMILES string of the molecule is Cc1cc(CNc2ccccc2Br)cc(C)c1O. The molecule has 0 aliphatic rings. The van der Waals surface area contributed by atoms with Crippen LogP contribution in [0.4, 0.5) is 5.69 Å². The average molecular weight is 306 g/mol. The van der Waals surface area contributed by atoms with Crippen LogP contribution < -0.4 is 5.32 Å². The molecule has 0 saturated carbocycles. The number of hydrogen-bond acceptors (Lipinski definition) is 2. The van der Waals surface area contributed by atoms with E-state index < -0.39 is 0 Å². The number of rotatable bonds is 3. The Bertz CT molecular complexity index is 543. The van der Waals surface area contributed by atoms with Gasteiger partial charge in [-0.2, -0.15) is 0 Å². The number of hydrogen-bond donors (Lipinski definition) is 2. The van der Waals surface area contributed by atoms with Crippen molar-refractivity contribution in [2.24, 2.45) is 0 Å². The topological polar surface area (TPSA) is 32.3 Å². The minimum Gasteiger partial charge on any atom is -0.507 e. The minimum atomic E-state index is 0.389. The number of benzene rings is 2. The lowest BCUT2D eigenvalue weighted by Crippen LogP contribution is -2.00. The largest absolute Gasteiger partial charge is 0.507 e. The zero-order valence-corrected chi connectivity index (χ0v) is 12.1. The summed E-state index contributed by atoms with van der Waals surface area (Å²) in [5.41, 5.74) is 4.07. The Morgan fingerprint density at radius 2 is 1.72 bits per heavy atom. The van der Waals surface area contributed by atoms with Gasteiger partial charge in [-0.05, 0) is 58.6 Å². The molecule has 0 aromatic heterocycles. The Morgan fingerprint density at radius 1 is 1.11 bits per heavy atom. The molecule has 3 heteroatoms. The van der Waals surface area contributed by atoms with E-state index in [1.54, 1.807) is 0 Å². The zero-order chi connectivity index (χ0) is 13.1. The summed E-state index contributed by atoms with van der Waals surface area (Å²) in [5, 5.41) is 13.1. The molecule has 0 saturated heterocycles. The molecule has 0 fully saturated rings. The summed E-state index contributed by atoms with van der Waals surface area (Å²) in [6.07, 6.45) is 0. The molecular formula is C15H16BrNO. The standard InChI is InChI=1S/C15H16BrNO/c1-10-7-12(8-11(2)15(10)18)9-17-14-6-4-3-5-13(14)16/h3-8,17-18H,9H2,1-2H3. The van der Waals surface area contributed by atoms with Crippen molar-refractivity contribution in [2.45, 2.75) is 20.4 Å². The number of phenolic OH excluding ortho intramolecular Hbond substituents is 1. The highest BCUT2D eigenvalue weighted by atomic mass is 79.9. The third kappa shape index (κ3) is 2.85. The van der Waals surface area contributed by atoms with Crippen molar-refractivity contribution in [1.29, 1.82) is 0 Å². The van der Waals surface area contributed by atoms with Gasteiger partial charge in [0.05, 0.1) is 0 Å². The van der Waals surface area contributed by atoms with Gasteiger partial charge < -0.3 is 10.4 Å². The number of halogens is 1. The van der Waals surface area contributed by atoms with Crippen molar-refractivity contribution >= 4 is 21.6 Å². The van der Waals surface area contributed by atoms with Crippen LogP contribution in [0.3, 0.4) is 0 Å². The fourth-order valence-corrected chi connectivity index (χ4v) is 2.37. The fraction of sp³-hybridized carbons (Fsp3) is 0.200. The van der Waals surface area contributed by atoms with Crippen molar-refractivity contribution < 1.29 is 5.11 Å². The van der Waals surface area contributed by atoms with Crippen LogP contribution in [0.15, 0.2) is 40.9 Å². The van der Waals surface area contributed by atoms with Crippen molar-refractivity contribution in [3.8, 4) is 5.75 Å². The second-order valence-electron chi connectivity index (χ2n) is 4.41. The first-order valence-electron chi connectivity index (χ1n) is 5.85. The van der Waals surface area contributed by atoms with Gasteiger partial charge in [-0.15, -0.1) is 0 Å². The number of anilines is 1. The van der Waals surface area contributed by atoms with Gasteiger partial charge in [-0.3, -0.25) is 0 Å². The van der Waals surface area contributed by atoms with E-state index in [-0.39, 0.29) is 0 Å². The van der Waals surface area contributed by atoms with Crippen molar-refractivity contribution in [3.63, 3.8) is 0 Å². The highest BCUT2D eigenvalue weighted by Crippen LogP contribution is 2.25. The van der Waals surface area contributed by atoms with E-state index in [0.29, 0.717) is 5.75 Å². The predicted molar refractivity (Wildman–Crippen MR) is 79.0 cm³/mol. The molecular weight excluding hydrogens is 290 g/mol. The van der Waals surface area contributed by atoms with E-state index in [1.807, 2.05) is 50.2 Å². The van der Waals surface area contributed by atoms with E-state index >= 15 is 0 Å². The zero-order valence-electron chi connectivity index (χ0n) is 10.5. The normalized spacial score (nSPS) is 10.4. The molecule has 0 atom stereocenters. The van der Waals surface area contributed by atoms with E-state index in [0.717, 1.165) is 27.8 Å². The Morgan fingerprint density at radius 3 is 2.33 bits per heavy atom. The fourth-order valence-electron chi connectivity index (χ4n) is 1.95. The lowest BCUT2D eigenvalue weighted by atomic mass is 10.1. The highest BCUT2D eigenvalue weighted by Gasteiger charge is 2.04. The average Bonchev–Trinajstić information content (AvgIpc) is 2.35. The maximum absolute atomic E-state index is 9.73. The van der Waals surface area contributed by atoms with Gasteiger partial charge >= 0.3 is 0 Å². The van der Waals surface area contributed by atoms with Crippen LogP contribution in [0.1, 0.15) is 16.7 Å². The van der Waals surface area contributed by atoms with Crippen LogP contribution in [0, 0.1) is 13.8 Å². The summed E-state index contributed by atoms with van der Waals surface area (Å²) in [6.45, 7) is 4.58. The molecule has 0 heterocycles. The first-order valence-corrected chi connectivity index (χ1v) is 6.64. The van der Waals surface area contributed by atoms with Gasteiger partial charge in [0, 0.05) is 16.7 Å². The van der Waals surface area contributed by atoms with Gasteiger partial charge in [0.15, 0.2) is 0 Å². The van der Waals surface area contributed by atoms with Crippen LogP contribution in [0.25, 0.3) is 0 Å². The molecule has 2 N–H and O–H groups in total. The number of para-hydroxylation sites is 1. The van der Waals surface area contributed by atoms with Crippen LogP contribution in [0.2, 0.25) is 0 Å². The quantitative estimate of drug-likeness (QED) is 0.882. The van der Waals surface area contributed by atoms with Crippen molar-refractivity contribution in [3.05, 3.63) is 57.6 Å². The molecule has 18 heavy (non-hydrogen) atoms. The number of aromatic hydroxyl groups is 1. The maximum Gasteiger partial charge on any atom is 0.121 e. The molecule has 94 valence electrons. The van der Waals surface area contributed by atoms with Gasteiger partial charge in [-0.1, -0.05) is 24.3 Å². The molecule has 2 nitrogen and oxygen atoms in total. The van der Waals surface area contributed by atoms with Crippen molar-refractivity contribution in [2.75, 3.05) is 5.32 Å². The van der Waals surface area contributed by atoms with Crippen molar-refractivity contribution in [1.82, 2.24) is 0 Å². The number of aryl methyl sites for hydroxylation is 2. The maximum atomic E-state index is 9.73. The lowest BCUT2D eigenvalue weighted by molar-refractivity contribution is 0.466. The number of phenols is 1. The van der Waals surface area contributed by atoms with Crippen LogP contribution >= 0.6 is 15.9 Å². The van der Waals surface area contributed by atoms with Crippen LogP contribution in [-0.2, 0) is 6.54 Å². The third-order valence-corrected chi connectivity index (χ3v) is 3.60. The predicted octanol–water partition coefficient (Wildman–Crippen LogP) is 4.38. The summed E-state index contributed by atoms with van der Waals surface area (Å²) < 4.78 is 1.05. The summed E-state index contributed by atoms with van der Waals surface area (Å²) >= 11 is 3.51. The van der Waals surface area contributed by atoms with E-state index in [1.165, 1.54) is 5.56 Å². The van der Waals surface area contributed by atoms with Gasteiger partial charge in [0.2, 0.25) is 0 Å². The summed E-state index contributed by atoms with van der Waals surface area (Å²) in [7, 11) is 0. The molecule has 0 amide bonds. The molecule has 0 aliphatic carbocycles. The Labute approximate surface area is 116 Å². The van der Waals surface area contributed by atoms with Gasteiger partial charge in [0.1, 0.15) is 5.75 Å². The number of nitrogens with one attached hydrogen (secondary N) is 1. The summed E-state index contributed by atoms with van der Waals surface area (Å²) in [5.74, 6) is 0.389. The van der Waals surface area contributed by atoms with E-state index in [2.05, 4.69) is 21.2 Å². The van der Waals surface area contributed by atoms with Crippen LogP contribution in [-0.4, -0.2) is 5.11 Å². The minimum absolute atomic E-state index is 0.389. The molecule has 2 rings (SSSR count). The summed E-state index contributed by atoms with van der Waals surface area (Å²) in [6, 6.07) is 12.0. The van der Waals surface area contributed by atoms with Gasteiger partial charge in [0.25, 0.3) is 0 Å². The monoisotopic (exact) mass is 305 g/mol. The molecule has 0 unspecified atom stereocenters. The first kappa shape index (κ1) is 13.0. The Hall–Kier alpha value is -1.48. The van der Waals surface area contributed by atoms with E-state index in [4.69, 9.17) is 0 Å². The summed E-state index contributed by atoms with van der Waals surface area (Å²) in [4.78, 5) is 0. The second kappa shape index (κ2) is 5.44. The molecule has 2 aromatic rings. The first-order chi connectivity index (χ1) is 8.58. The Kier molecular flexibility index (Phi) is 3.92. The Balaban J connectivity index is 2.14. The lowest BCUT2D eigenvalue weighted by Gasteiger charge is -2.11. The highest BCUT2D eigenvalue weighted by molar-refractivity contribution is 9.10. The van der Waals surface area contributed by atoms with Gasteiger partial charge in [-0.25, -0.2) is 0 Å². The molecule has 0 aliphatic heterocycles. The van der Waals surface area contributed by atoms with Crippen LogP contribution in [0.5, 0.6) is 5.75 Å². The molecule has 0 radical (unpaired) electrons. The molecule has 2 aromatic carbocycles. The molecule has 0 bridgehead atoms. The van der Waals surface area contributed by atoms with E-state index in [9.17, 15) is 5.11 Å².